The summed E-state index contributed by atoms with van der Waals surface area (Å²) in [5.41, 5.74) is 1.11. The summed E-state index contributed by atoms with van der Waals surface area (Å²) in [5, 5.41) is 8.42. The second-order valence-electron chi connectivity index (χ2n) is 7.77. The first kappa shape index (κ1) is 22.3. The number of hydrogen-bond donors (Lipinski definition) is 0. The second-order valence-corrected chi connectivity index (χ2v) is 9.68. The summed E-state index contributed by atoms with van der Waals surface area (Å²) >= 11 is 0. The minimum absolute atomic E-state index is 0.0135. The Morgan fingerprint density at radius 3 is 2.47 bits per heavy atom. The van der Waals surface area contributed by atoms with Gasteiger partial charge >= 0.3 is 6.18 Å². The fourth-order valence-electron chi connectivity index (χ4n) is 4.03. The Kier molecular flexibility index (Phi) is 5.29. The van der Waals surface area contributed by atoms with Gasteiger partial charge in [0.15, 0.2) is 5.69 Å². The van der Waals surface area contributed by atoms with E-state index in [9.17, 15) is 21.6 Å². The van der Waals surface area contributed by atoms with Gasteiger partial charge in [0, 0.05) is 43.4 Å². The van der Waals surface area contributed by atoms with E-state index in [1.807, 2.05) is 30.3 Å². The van der Waals surface area contributed by atoms with E-state index in [2.05, 4.69) is 15.2 Å². The van der Waals surface area contributed by atoms with Crippen LogP contribution in [0.4, 0.5) is 13.2 Å². The summed E-state index contributed by atoms with van der Waals surface area (Å²) in [6.07, 6.45) is -4.53. The third-order valence-electron chi connectivity index (χ3n) is 5.68. The van der Waals surface area contributed by atoms with Crippen molar-refractivity contribution in [1.29, 1.82) is 0 Å². The summed E-state index contributed by atoms with van der Waals surface area (Å²) in [7, 11) is -2.73. The number of rotatable bonds is 4. The number of halogens is 3. The van der Waals surface area contributed by atoms with E-state index in [0.29, 0.717) is 17.1 Å². The molecule has 1 aliphatic heterocycles. The molecule has 0 bridgehead atoms. The molecular formula is C22H18F3N5O3S. The highest BCUT2D eigenvalue weighted by Crippen LogP contribution is 2.37. The van der Waals surface area contributed by atoms with Crippen molar-refractivity contribution in [2.24, 2.45) is 7.05 Å². The number of hydrogen-bond acceptors (Lipinski definition) is 6. The van der Waals surface area contributed by atoms with Crippen LogP contribution in [0.15, 0.2) is 64.0 Å². The second kappa shape index (κ2) is 8.06. The first-order valence-corrected chi connectivity index (χ1v) is 11.7. The third kappa shape index (κ3) is 3.78. The van der Waals surface area contributed by atoms with Gasteiger partial charge in [-0.05, 0) is 12.1 Å². The normalized spacial score (nSPS) is 14.8. The van der Waals surface area contributed by atoms with Crippen LogP contribution in [-0.2, 0) is 36.2 Å². The third-order valence-corrected chi connectivity index (χ3v) is 7.58. The van der Waals surface area contributed by atoms with E-state index in [4.69, 9.17) is 4.52 Å². The SMILES string of the molecule is Cn1nc(-c2nc(-c3ccccc3)no2)c2c1CCN(S(=O)(=O)c1ccccc1C(F)(F)F)C2. The molecule has 0 aliphatic carbocycles. The molecule has 0 unspecified atom stereocenters. The zero-order valence-corrected chi connectivity index (χ0v) is 18.6. The first-order chi connectivity index (χ1) is 16.2. The molecule has 0 saturated heterocycles. The van der Waals surface area contributed by atoms with Gasteiger partial charge in [0.1, 0.15) is 0 Å². The molecule has 2 aromatic heterocycles. The van der Waals surface area contributed by atoms with Crippen LogP contribution in [0.25, 0.3) is 23.0 Å². The summed E-state index contributed by atoms with van der Waals surface area (Å²) in [6, 6.07) is 13.3. The number of aromatic nitrogens is 4. The number of benzene rings is 2. The summed E-state index contributed by atoms with van der Waals surface area (Å²) < 4.78 is 75.0. The number of nitrogens with zero attached hydrogens (tertiary/aromatic N) is 5. The Labute approximate surface area is 192 Å². The smallest absolute Gasteiger partial charge is 0.332 e. The van der Waals surface area contributed by atoms with Crippen molar-refractivity contribution < 1.29 is 26.1 Å². The molecule has 0 fully saturated rings. The molecule has 0 amide bonds. The highest BCUT2D eigenvalue weighted by Gasteiger charge is 2.40. The largest absolute Gasteiger partial charge is 0.417 e. The lowest BCUT2D eigenvalue weighted by Crippen LogP contribution is -2.37. The van der Waals surface area contributed by atoms with E-state index in [-0.39, 0.29) is 25.4 Å². The maximum absolute atomic E-state index is 13.5. The molecule has 3 heterocycles. The molecule has 4 aromatic rings. The van der Waals surface area contributed by atoms with Crippen LogP contribution in [0.2, 0.25) is 0 Å². The minimum atomic E-state index is -4.80. The summed E-state index contributed by atoms with van der Waals surface area (Å²) in [4.78, 5) is 3.62. The van der Waals surface area contributed by atoms with Crippen LogP contribution in [0, 0.1) is 0 Å². The highest BCUT2D eigenvalue weighted by molar-refractivity contribution is 7.89. The average Bonchev–Trinajstić information content (AvgIpc) is 3.44. The lowest BCUT2D eigenvalue weighted by atomic mass is 10.1. The van der Waals surface area contributed by atoms with E-state index >= 15 is 0 Å². The predicted molar refractivity (Wildman–Crippen MR) is 115 cm³/mol. The average molecular weight is 489 g/mol. The molecule has 8 nitrogen and oxygen atoms in total. The quantitative estimate of drug-likeness (QED) is 0.432. The van der Waals surface area contributed by atoms with Gasteiger partial charge in [-0.15, -0.1) is 0 Å². The Hall–Kier alpha value is -3.51. The Morgan fingerprint density at radius 1 is 1.03 bits per heavy atom. The van der Waals surface area contributed by atoms with Gasteiger partial charge in [-0.25, -0.2) is 8.42 Å². The van der Waals surface area contributed by atoms with Crippen LogP contribution < -0.4 is 0 Å². The molecule has 1 aliphatic rings. The van der Waals surface area contributed by atoms with Gasteiger partial charge in [0.05, 0.1) is 10.5 Å². The summed E-state index contributed by atoms with van der Waals surface area (Å²) in [6.45, 7) is -0.157. The van der Waals surface area contributed by atoms with Crippen molar-refractivity contribution in [3.8, 4) is 23.0 Å². The van der Waals surface area contributed by atoms with Crippen molar-refractivity contribution in [2.75, 3.05) is 6.54 Å². The van der Waals surface area contributed by atoms with Gasteiger partial charge in [-0.3, -0.25) is 4.68 Å². The van der Waals surface area contributed by atoms with Crippen molar-refractivity contribution in [2.45, 2.75) is 24.0 Å². The maximum atomic E-state index is 13.5. The molecule has 0 saturated carbocycles. The molecule has 0 radical (unpaired) electrons. The topological polar surface area (TPSA) is 94.1 Å². The number of sulfonamides is 1. The zero-order chi connectivity index (χ0) is 24.1. The molecule has 5 rings (SSSR count). The molecule has 0 spiro atoms. The Bertz CT molecular complexity index is 1460. The fourth-order valence-corrected chi connectivity index (χ4v) is 5.65. The molecule has 176 valence electrons. The highest BCUT2D eigenvalue weighted by atomic mass is 32.2. The molecule has 2 aromatic carbocycles. The number of fused-ring (bicyclic) bond motifs is 1. The van der Waals surface area contributed by atoms with Gasteiger partial charge in [0.2, 0.25) is 15.8 Å². The van der Waals surface area contributed by atoms with Gasteiger partial charge in [0.25, 0.3) is 5.89 Å². The monoisotopic (exact) mass is 489 g/mol. The number of aryl methyl sites for hydroxylation is 1. The Morgan fingerprint density at radius 2 is 1.74 bits per heavy atom. The van der Waals surface area contributed by atoms with Gasteiger partial charge < -0.3 is 4.52 Å². The van der Waals surface area contributed by atoms with Gasteiger partial charge in [-0.1, -0.05) is 47.6 Å². The van der Waals surface area contributed by atoms with E-state index < -0.39 is 26.7 Å². The number of alkyl halides is 3. The van der Waals surface area contributed by atoms with Gasteiger partial charge in [-0.2, -0.15) is 27.6 Å². The summed E-state index contributed by atoms with van der Waals surface area (Å²) in [5.74, 6) is 0.444. The van der Waals surface area contributed by atoms with Crippen LogP contribution in [0.3, 0.4) is 0 Å². The lowest BCUT2D eigenvalue weighted by Gasteiger charge is -2.27. The van der Waals surface area contributed by atoms with Crippen molar-refractivity contribution in [3.05, 3.63) is 71.4 Å². The first-order valence-electron chi connectivity index (χ1n) is 10.3. The van der Waals surface area contributed by atoms with Crippen molar-refractivity contribution in [1.82, 2.24) is 24.2 Å². The molecule has 34 heavy (non-hydrogen) atoms. The predicted octanol–water partition coefficient (Wildman–Crippen LogP) is 3.90. The molecular weight excluding hydrogens is 471 g/mol. The van der Waals surface area contributed by atoms with Crippen LogP contribution in [0.1, 0.15) is 16.8 Å². The zero-order valence-electron chi connectivity index (χ0n) is 17.8. The molecule has 0 atom stereocenters. The van der Waals surface area contributed by atoms with Crippen molar-refractivity contribution in [3.63, 3.8) is 0 Å². The van der Waals surface area contributed by atoms with E-state index in [1.54, 1.807) is 11.7 Å². The van der Waals surface area contributed by atoms with Crippen LogP contribution in [0.5, 0.6) is 0 Å². The van der Waals surface area contributed by atoms with Crippen molar-refractivity contribution >= 4 is 10.0 Å². The van der Waals surface area contributed by atoms with E-state index in [0.717, 1.165) is 33.8 Å². The van der Waals surface area contributed by atoms with Crippen LogP contribution in [-0.4, -0.2) is 39.2 Å². The molecule has 0 N–H and O–H groups in total. The van der Waals surface area contributed by atoms with Crippen LogP contribution >= 0.6 is 0 Å². The molecule has 12 heteroatoms. The fraction of sp³-hybridized carbons (Fsp3) is 0.227. The maximum Gasteiger partial charge on any atom is 0.417 e. The Balaban J connectivity index is 1.52. The lowest BCUT2D eigenvalue weighted by molar-refractivity contribution is -0.139. The van der Waals surface area contributed by atoms with E-state index in [1.165, 1.54) is 6.07 Å². The minimum Gasteiger partial charge on any atom is -0.332 e. The standard InChI is InChI=1S/C22H18F3N5O3S/c1-29-17-11-12-30(34(31,32)18-10-6-5-9-16(18)22(23,24)25)13-15(17)19(27-29)21-26-20(28-33-21)14-7-3-2-4-8-14/h2-10H,11-13H2,1H3.